The molecular formula is C19H33N5O. The molecular weight excluding hydrogens is 314 g/mol. The van der Waals surface area contributed by atoms with Crippen molar-refractivity contribution in [3.05, 3.63) is 17.6 Å². The van der Waals surface area contributed by atoms with E-state index in [0.717, 1.165) is 50.2 Å². The van der Waals surface area contributed by atoms with Crippen molar-refractivity contribution in [3.63, 3.8) is 0 Å². The van der Waals surface area contributed by atoms with Crippen molar-refractivity contribution in [3.8, 4) is 0 Å². The Bertz CT molecular complexity index is 626. The van der Waals surface area contributed by atoms with E-state index in [1.807, 2.05) is 0 Å². The predicted octanol–water partition coefficient (Wildman–Crippen LogP) is 3.97. The number of hydrogen-bond acceptors (Lipinski definition) is 5. The number of unbranched alkanes of at least 4 members (excludes halogenated alkanes) is 5. The fourth-order valence-electron chi connectivity index (χ4n) is 3.10. The number of nitrogens with zero attached hydrogens (tertiary/aromatic N) is 4. The molecule has 0 atom stereocenters. The molecule has 0 fully saturated rings. The number of nitrogens with two attached hydrogens (primary N) is 1. The third-order valence-electron chi connectivity index (χ3n) is 4.49. The predicted molar refractivity (Wildman–Crippen MR) is 102 cm³/mol. The van der Waals surface area contributed by atoms with Gasteiger partial charge in [0.2, 0.25) is 0 Å². The summed E-state index contributed by atoms with van der Waals surface area (Å²) in [6, 6.07) is 0. The lowest BCUT2D eigenvalue weighted by Crippen LogP contribution is -2.11. The minimum absolute atomic E-state index is 0.587. The minimum atomic E-state index is 0.587. The van der Waals surface area contributed by atoms with Crippen molar-refractivity contribution in [2.45, 2.75) is 78.1 Å². The van der Waals surface area contributed by atoms with Gasteiger partial charge in [-0.05, 0) is 25.7 Å². The van der Waals surface area contributed by atoms with Gasteiger partial charge in [-0.25, -0.2) is 4.98 Å². The van der Waals surface area contributed by atoms with E-state index in [9.17, 15) is 0 Å². The van der Waals surface area contributed by atoms with Crippen molar-refractivity contribution in [1.82, 2.24) is 19.6 Å². The Morgan fingerprint density at radius 3 is 2.52 bits per heavy atom. The molecule has 0 amide bonds. The van der Waals surface area contributed by atoms with Gasteiger partial charge in [-0.3, -0.25) is 0 Å². The van der Waals surface area contributed by atoms with Gasteiger partial charge in [-0.2, -0.15) is 14.6 Å². The summed E-state index contributed by atoms with van der Waals surface area (Å²) < 4.78 is 7.41. The van der Waals surface area contributed by atoms with Gasteiger partial charge in [-0.1, -0.05) is 52.4 Å². The van der Waals surface area contributed by atoms with E-state index >= 15 is 0 Å². The van der Waals surface area contributed by atoms with Gasteiger partial charge in [0, 0.05) is 18.8 Å². The Labute approximate surface area is 151 Å². The lowest BCUT2D eigenvalue weighted by Gasteiger charge is -2.12. The topological polar surface area (TPSA) is 78.3 Å². The van der Waals surface area contributed by atoms with Gasteiger partial charge in [0.25, 0.3) is 5.78 Å². The van der Waals surface area contributed by atoms with E-state index in [0.29, 0.717) is 11.6 Å². The summed E-state index contributed by atoms with van der Waals surface area (Å²) in [5.74, 6) is 1.26. The molecule has 0 radical (unpaired) electrons. The molecule has 2 aromatic heterocycles. The van der Waals surface area contributed by atoms with Crippen LogP contribution < -0.4 is 5.73 Å². The molecule has 6 heteroatoms. The van der Waals surface area contributed by atoms with Crippen LogP contribution in [0, 0.1) is 0 Å². The van der Waals surface area contributed by atoms with Gasteiger partial charge in [0.1, 0.15) is 12.1 Å². The zero-order chi connectivity index (χ0) is 17.9. The molecule has 0 aliphatic carbocycles. The van der Waals surface area contributed by atoms with Gasteiger partial charge < -0.3 is 10.5 Å². The minimum Gasteiger partial charge on any atom is -0.383 e. The summed E-state index contributed by atoms with van der Waals surface area (Å²) in [5.41, 5.74) is 8.45. The maximum atomic E-state index is 6.29. The van der Waals surface area contributed by atoms with E-state index in [1.54, 1.807) is 4.52 Å². The largest absolute Gasteiger partial charge is 0.383 e. The third kappa shape index (κ3) is 5.96. The first-order chi connectivity index (χ1) is 12.3. The zero-order valence-electron chi connectivity index (χ0n) is 15.8. The van der Waals surface area contributed by atoms with Crippen LogP contribution in [0.3, 0.4) is 0 Å². The molecule has 2 aromatic rings. The Balaban J connectivity index is 1.75. The molecule has 25 heavy (non-hydrogen) atoms. The smallest absolute Gasteiger partial charge is 0.254 e. The van der Waals surface area contributed by atoms with E-state index in [-0.39, 0.29) is 0 Å². The number of hydrogen-bond donors (Lipinski definition) is 1. The molecule has 2 heterocycles. The molecule has 0 aliphatic heterocycles. The Hall–Kier alpha value is -1.69. The van der Waals surface area contributed by atoms with Crippen molar-refractivity contribution < 1.29 is 4.74 Å². The molecule has 0 saturated carbocycles. The highest BCUT2D eigenvalue weighted by Gasteiger charge is 2.13. The van der Waals surface area contributed by atoms with Crippen molar-refractivity contribution in [2.24, 2.45) is 0 Å². The van der Waals surface area contributed by atoms with Crippen LogP contribution in [0.5, 0.6) is 0 Å². The number of rotatable bonds is 13. The molecule has 0 unspecified atom stereocenters. The van der Waals surface area contributed by atoms with Crippen molar-refractivity contribution >= 4 is 11.6 Å². The third-order valence-corrected chi connectivity index (χ3v) is 4.49. The van der Waals surface area contributed by atoms with Crippen LogP contribution in [0.1, 0.15) is 76.5 Å². The first kappa shape index (κ1) is 19.6. The summed E-state index contributed by atoms with van der Waals surface area (Å²) in [6.45, 7) is 6.04. The number of anilines is 1. The highest BCUT2D eigenvalue weighted by atomic mass is 16.5. The zero-order valence-corrected chi connectivity index (χ0v) is 15.8. The number of nitrogen functional groups attached to an aromatic ring is 1. The summed E-state index contributed by atoms with van der Waals surface area (Å²) in [6.07, 6.45) is 13.1. The summed E-state index contributed by atoms with van der Waals surface area (Å²) >= 11 is 0. The number of aryl methyl sites for hydroxylation is 1. The van der Waals surface area contributed by atoms with Gasteiger partial charge in [-0.15, -0.1) is 0 Å². The fourth-order valence-corrected chi connectivity index (χ4v) is 3.10. The molecule has 140 valence electrons. The average Bonchev–Trinajstić information content (AvgIpc) is 3.08. The van der Waals surface area contributed by atoms with Crippen LogP contribution in [0.2, 0.25) is 0 Å². The van der Waals surface area contributed by atoms with Crippen LogP contribution in [0.25, 0.3) is 5.78 Å². The highest BCUT2D eigenvalue weighted by molar-refractivity contribution is 5.49. The first-order valence-corrected chi connectivity index (χ1v) is 9.82. The maximum Gasteiger partial charge on any atom is 0.254 e. The molecule has 6 nitrogen and oxygen atoms in total. The normalized spacial score (nSPS) is 11.4. The number of fused-ring (bicyclic) bond motifs is 1. The molecule has 0 spiro atoms. The van der Waals surface area contributed by atoms with Gasteiger partial charge in [0.05, 0.1) is 5.69 Å². The van der Waals surface area contributed by atoms with E-state index < -0.39 is 0 Å². The van der Waals surface area contributed by atoms with Crippen LogP contribution >= 0.6 is 0 Å². The van der Waals surface area contributed by atoms with Crippen LogP contribution in [0.4, 0.5) is 5.82 Å². The van der Waals surface area contributed by atoms with Gasteiger partial charge in [0.15, 0.2) is 0 Å². The van der Waals surface area contributed by atoms with Crippen molar-refractivity contribution in [2.75, 3.05) is 18.9 Å². The second kappa shape index (κ2) is 11.0. The fraction of sp³-hybridized carbons (Fsp3) is 0.737. The average molecular weight is 348 g/mol. The molecule has 2 N–H and O–H groups in total. The second-order valence-corrected chi connectivity index (χ2v) is 6.63. The summed E-state index contributed by atoms with van der Waals surface area (Å²) in [5, 5.41) is 4.17. The monoisotopic (exact) mass is 347 g/mol. The standard InChI is InChI=1S/C19H33N5O/c1-3-5-6-7-8-9-13-25-14-10-12-16-17(11-4-2)23-19-21-15-22-24(19)18(16)20/h15H,3-14,20H2,1-2H3. The van der Waals surface area contributed by atoms with Crippen LogP contribution in [-0.2, 0) is 17.6 Å². The Morgan fingerprint density at radius 2 is 1.72 bits per heavy atom. The molecule has 0 bridgehead atoms. The molecule has 2 rings (SSSR count). The van der Waals surface area contributed by atoms with E-state index in [2.05, 4.69) is 28.9 Å². The van der Waals surface area contributed by atoms with Gasteiger partial charge >= 0.3 is 0 Å². The number of ether oxygens (including phenoxy) is 1. The van der Waals surface area contributed by atoms with Crippen LogP contribution in [0.15, 0.2) is 6.33 Å². The lowest BCUT2D eigenvalue weighted by atomic mass is 10.1. The van der Waals surface area contributed by atoms with E-state index in [1.165, 1.54) is 44.9 Å². The second-order valence-electron chi connectivity index (χ2n) is 6.63. The first-order valence-electron chi connectivity index (χ1n) is 9.82. The molecule has 0 aromatic carbocycles. The molecule has 0 saturated heterocycles. The van der Waals surface area contributed by atoms with Crippen molar-refractivity contribution in [1.29, 1.82) is 0 Å². The summed E-state index contributed by atoms with van der Waals surface area (Å²) in [4.78, 5) is 8.77. The highest BCUT2D eigenvalue weighted by Crippen LogP contribution is 2.19. The SMILES string of the molecule is CCCCCCCCOCCCc1c(CCC)nc2ncnn2c1N. The maximum absolute atomic E-state index is 6.29. The Morgan fingerprint density at radius 1 is 0.960 bits per heavy atom. The Kier molecular flexibility index (Phi) is 8.66. The van der Waals surface area contributed by atoms with E-state index in [4.69, 9.17) is 10.5 Å². The number of aromatic nitrogens is 4. The lowest BCUT2D eigenvalue weighted by molar-refractivity contribution is 0.127. The quantitative estimate of drug-likeness (QED) is 0.555. The molecule has 0 aliphatic rings. The van der Waals surface area contributed by atoms with Crippen LogP contribution in [-0.4, -0.2) is 32.8 Å². The summed E-state index contributed by atoms with van der Waals surface area (Å²) in [7, 11) is 0.